The quantitative estimate of drug-likeness (QED) is 0.323. The molecule has 0 aliphatic carbocycles. The van der Waals surface area contributed by atoms with E-state index in [0.29, 0.717) is 0 Å². The Bertz CT molecular complexity index is 398. The van der Waals surface area contributed by atoms with E-state index in [-0.39, 0.29) is 175 Å². The minimum absolute atomic E-state index is 0. The third kappa shape index (κ3) is 3.93. The zero-order valence-corrected chi connectivity index (χ0v) is 24.9. The van der Waals surface area contributed by atoms with E-state index < -0.39 is 10.7 Å². The maximum Gasteiger partial charge on any atom is 1.00 e. The van der Waals surface area contributed by atoms with Crippen LogP contribution in [0.4, 0.5) is 0 Å². The van der Waals surface area contributed by atoms with E-state index >= 15 is 0 Å². The fourth-order valence-electron chi connectivity index (χ4n) is 0.265. The third-order valence-corrected chi connectivity index (χ3v) is 4.89. The van der Waals surface area contributed by atoms with Gasteiger partial charge in [0.1, 0.15) is 0 Å². The van der Waals surface area contributed by atoms with E-state index in [1.54, 1.807) is 0 Å². The molecule has 0 aromatic carbocycles. The summed E-state index contributed by atoms with van der Waals surface area (Å²) in [6.07, 6.45) is 0. The van der Waals surface area contributed by atoms with Crippen molar-refractivity contribution in [2.24, 2.45) is 0 Å². The second-order valence-electron chi connectivity index (χ2n) is 1.80. The SMILES string of the molecule is N#[C][Fe-3]([C]#N)([C]#N)([C]#N)([C]#N)[C]#N.[Rb+].[Rb+].[Rb+]. The van der Waals surface area contributed by atoms with Crippen LogP contribution in [0.2, 0.25) is 0 Å². The van der Waals surface area contributed by atoms with Crippen LogP contribution in [0.15, 0.2) is 0 Å². The molecule has 65 valence electrons. The van der Waals surface area contributed by atoms with Gasteiger partial charge in [0.2, 0.25) is 0 Å². The van der Waals surface area contributed by atoms with Crippen molar-refractivity contribution in [1.29, 1.82) is 31.6 Å². The molecule has 0 rings (SSSR count). The van der Waals surface area contributed by atoms with Crippen molar-refractivity contribution in [2.75, 3.05) is 0 Å². The van der Waals surface area contributed by atoms with E-state index in [1.165, 1.54) is 0 Å². The van der Waals surface area contributed by atoms with Gasteiger partial charge in [-0.15, -0.1) is 0 Å². The molecule has 0 amide bonds. The molecule has 0 heterocycles. The Morgan fingerprint density at radius 1 is 0.438 bits per heavy atom. The zero-order chi connectivity index (χ0) is 10.7. The molecule has 0 spiro atoms. The first-order chi connectivity index (χ1) is 5.97. The van der Waals surface area contributed by atoms with Gasteiger partial charge < -0.3 is 0 Å². The standard InChI is InChI=1S/6CN.Fe.3Rb/c6*1-2;;;;/q;;;;;;-3;3*+1. The van der Waals surface area contributed by atoms with Crippen molar-refractivity contribution in [1.82, 2.24) is 0 Å². The van der Waals surface area contributed by atoms with Crippen LogP contribution in [0.3, 0.4) is 0 Å². The van der Waals surface area contributed by atoms with Crippen LogP contribution in [0.5, 0.6) is 0 Å². The Kier molecular flexibility index (Phi) is 15.2. The van der Waals surface area contributed by atoms with E-state index in [4.69, 9.17) is 31.6 Å². The van der Waals surface area contributed by atoms with E-state index in [1.807, 2.05) is 0 Å². The average Bonchev–Trinajstić information content (AvgIpc) is 2.26. The van der Waals surface area contributed by atoms with Gasteiger partial charge in [-0.05, 0) is 0 Å². The van der Waals surface area contributed by atoms with Gasteiger partial charge in [0.05, 0.1) is 0 Å². The second-order valence-corrected chi connectivity index (χ2v) is 7.42. The Balaban J connectivity index is -0.000000240. The zero-order valence-electron chi connectivity index (χ0n) is 9.04. The Morgan fingerprint density at radius 2 is 0.562 bits per heavy atom. The molecule has 0 aliphatic heterocycles. The maximum absolute atomic E-state index is 8.58. The molecule has 0 saturated heterocycles. The normalized spacial score (nSPS) is 10.9. The number of hydrogen-bond acceptors (Lipinski definition) is 6. The molecular formula is C6FeN6Rb3. The number of rotatable bonds is 0. The predicted molar refractivity (Wildman–Crippen MR) is 33.7 cm³/mol. The predicted octanol–water partition coefficient (Wildman–Crippen LogP) is -8.89. The molecular weight excluding hydrogens is 468 g/mol. The van der Waals surface area contributed by atoms with E-state index in [0.717, 1.165) is 29.8 Å². The molecule has 0 aromatic rings. The van der Waals surface area contributed by atoms with Gasteiger partial charge in [-0.3, -0.25) is 0 Å². The first-order valence-corrected chi connectivity index (χ1v) is 5.71. The molecule has 16 heavy (non-hydrogen) atoms. The largest absolute Gasteiger partial charge is 1.00 e. The first-order valence-electron chi connectivity index (χ1n) is 2.40. The first kappa shape index (κ1) is 27.3. The van der Waals surface area contributed by atoms with Crippen molar-refractivity contribution in [3.63, 3.8) is 0 Å². The summed E-state index contributed by atoms with van der Waals surface area (Å²) in [5.41, 5.74) is 0. The van der Waals surface area contributed by atoms with Gasteiger partial charge in [0.25, 0.3) is 0 Å². The smallest absolute Gasteiger partial charge is 1.00 e. The van der Waals surface area contributed by atoms with Crippen LogP contribution in [0.25, 0.3) is 0 Å². The van der Waals surface area contributed by atoms with Crippen LogP contribution < -0.4 is 175 Å². The van der Waals surface area contributed by atoms with Gasteiger partial charge >= 0.3 is 247 Å². The van der Waals surface area contributed by atoms with Crippen LogP contribution in [0, 0.1) is 61.4 Å². The maximum atomic E-state index is 8.58. The summed E-state index contributed by atoms with van der Waals surface area (Å²) in [6, 6.07) is 0. The molecule has 0 saturated carbocycles. The van der Waals surface area contributed by atoms with Crippen molar-refractivity contribution < 1.29 is 185 Å². The molecule has 0 fully saturated rings. The summed E-state index contributed by atoms with van der Waals surface area (Å²) in [4.78, 5) is 6.19. The molecule has 0 radical (unpaired) electrons. The molecule has 0 aliphatic rings. The minimum Gasteiger partial charge on any atom is 1.00 e. The Labute approximate surface area is 238 Å². The summed E-state index contributed by atoms with van der Waals surface area (Å²) >= 11 is 0. The van der Waals surface area contributed by atoms with E-state index in [2.05, 4.69) is 0 Å². The van der Waals surface area contributed by atoms with E-state index in [9.17, 15) is 0 Å². The van der Waals surface area contributed by atoms with Gasteiger partial charge in [-0.2, -0.15) is 0 Å². The average molecular weight is 468 g/mol. The van der Waals surface area contributed by atoms with Gasteiger partial charge in [-0.25, -0.2) is 0 Å². The molecule has 0 atom stereocenters. The van der Waals surface area contributed by atoms with Crippen molar-refractivity contribution >= 4 is 0 Å². The topological polar surface area (TPSA) is 143 Å². The van der Waals surface area contributed by atoms with Gasteiger partial charge in [0, 0.05) is 0 Å². The molecule has 0 bridgehead atoms. The fourth-order valence-corrected chi connectivity index (χ4v) is 1.09. The molecule has 0 N–H and O–H groups in total. The van der Waals surface area contributed by atoms with Crippen LogP contribution >= 0.6 is 0 Å². The number of hydrogen-bond donors (Lipinski definition) is 0. The van der Waals surface area contributed by atoms with Gasteiger partial charge in [-0.1, -0.05) is 0 Å². The third-order valence-electron chi connectivity index (χ3n) is 1.19. The van der Waals surface area contributed by atoms with Crippen molar-refractivity contribution in [2.45, 2.75) is 0 Å². The summed E-state index contributed by atoms with van der Waals surface area (Å²) in [5.74, 6) is 0. The summed E-state index contributed by atoms with van der Waals surface area (Å²) in [6.45, 7) is 0. The van der Waals surface area contributed by atoms with Crippen molar-refractivity contribution in [3.8, 4) is 29.8 Å². The second kappa shape index (κ2) is 8.93. The van der Waals surface area contributed by atoms with Gasteiger partial charge in [0.15, 0.2) is 0 Å². The number of nitrogens with zero attached hydrogens (tertiary/aromatic N) is 6. The number of nitriles is 6. The van der Waals surface area contributed by atoms with Crippen LogP contribution in [-0.2, 0) is 10.7 Å². The summed E-state index contributed by atoms with van der Waals surface area (Å²) < 4.78 is 0. The fraction of sp³-hybridized carbons (Fsp3) is 0. The Hall–Kier alpha value is 2.88. The molecule has 10 heteroatoms. The summed E-state index contributed by atoms with van der Waals surface area (Å²) in [7, 11) is -6.17. The monoisotopic (exact) mass is 467 g/mol. The van der Waals surface area contributed by atoms with Crippen LogP contribution in [-0.4, -0.2) is 0 Å². The summed E-state index contributed by atoms with van der Waals surface area (Å²) in [5, 5.41) is 51.5. The molecule has 0 unspecified atom stereocenters. The van der Waals surface area contributed by atoms with Crippen molar-refractivity contribution in [3.05, 3.63) is 0 Å². The minimum atomic E-state index is -6.17. The molecule has 0 aromatic heterocycles. The van der Waals surface area contributed by atoms with Crippen LogP contribution in [0.1, 0.15) is 0 Å². The Morgan fingerprint density at radius 3 is 0.562 bits per heavy atom. The molecule has 6 nitrogen and oxygen atoms in total.